The minimum Gasteiger partial charge on any atom is -0.494 e. The first-order valence-electron chi connectivity index (χ1n) is 9.10. The van der Waals surface area contributed by atoms with Crippen molar-refractivity contribution < 1.29 is 14.6 Å². The topological polar surface area (TPSA) is 58.6 Å². The molecule has 0 bridgehead atoms. The van der Waals surface area contributed by atoms with Gasteiger partial charge in [-0.3, -0.25) is 4.79 Å². The maximum atomic E-state index is 10.4. The Balaban J connectivity index is 0.00000364. The van der Waals surface area contributed by atoms with Crippen LogP contribution in [0.15, 0.2) is 60.7 Å². The molecule has 2 aromatic carbocycles. The summed E-state index contributed by atoms with van der Waals surface area (Å²) in [6.45, 7) is 1.87. The highest BCUT2D eigenvalue weighted by atomic mass is 35.5. The summed E-state index contributed by atoms with van der Waals surface area (Å²) in [4.78, 5) is 10.4. The van der Waals surface area contributed by atoms with Crippen molar-refractivity contribution in [3.63, 3.8) is 0 Å². The van der Waals surface area contributed by atoms with Gasteiger partial charge in [-0.05, 0) is 42.5 Å². The van der Waals surface area contributed by atoms with E-state index in [1.54, 1.807) is 0 Å². The van der Waals surface area contributed by atoms with E-state index in [0.717, 1.165) is 37.2 Å². The summed E-state index contributed by atoms with van der Waals surface area (Å²) in [7, 11) is 0. The van der Waals surface area contributed by atoms with Crippen LogP contribution < -0.4 is 10.1 Å². The van der Waals surface area contributed by atoms with Crippen molar-refractivity contribution in [2.24, 2.45) is 0 Å². The first-order chi connectivity index (χ1) is 12.7. The first kappa shape index (κ1) is 22.7. The second kappa shape index (κ2) is 13.8. The lowest BCUT2D eigenvalue weighted by molar-refractivity contribution is -0.136. The molecule has 0 aliphatic carbocycles. The van der Waals surface area contributed by atoms with Crippen LogP contribution in [-0.4, -0.2) is 30.8 Å². The van der Waals surface area contributed by atoms with Crippen LogP contribution in [0.1, 0.15) is 30.4 Å². The third-order valence-electron chi connectivity index (χ3n) is 3.94. The Morgan fingerprint density at radius 3 is 2.48 bits per heavy atom. The molecule has 0 aliphatic heterocycles. The molecule has 0 unspecified atom stereocenters. The number of nitrogens with one attached hydrogen (secondary N) is 1. The van der Waals surface area contributed by atoms with Gasteiger partial charge in [0.1, 0.15) is 5.75 Å². The molecule has 0 saturated carbocycles. The van der Waals surface area contributed by atoms with Crippen LogP contribution >= 0.6 is 12.4 Å². The second-order valence-corrected chi connectivity index (χ2v) is 6.11. The highest BCUT2D eigenvalue weighted by Crippen LogP contribution is 2.14. The standard InChI is InChI=1S/C22H27NO3.ClH/c24-22(25)15-17-23-16-6-10-20-11-13-21(14-12-20)26-18-5-4-9-19-7-2-1-3-8-19;/h1-3,6-8,10-14,23H,4-5,9,15-18H2,(H,24,25);1H/b10-6+;. The summed E-state index contributed by atoms with van der Waals surface area (Å²) in [5, 5.41) is 11.6. The summed E-state index contributed by atoms with van der Waals surface area (Å²) in [5.74, 6) is 0.110. The van der Waals surface area contributed by atoms with Gasteiger partial charge >= 0.3 is 5.97 Å². The Bertz CT molecular complexity index is 672. The number of carboxylic acid groups (broad SMARTS) is 1. The zero-order chi connectivity index (χ0) is 18.5. The minimum absolute atomic E-state index is 0. The molecule has 5 heteroatoms. The maximum Gasteiger partial charge on any atom is 0.304 e. The van der Waals surface area contributed by atoms with E-state index in [4.69, 9.17) is 9.84 Å². The SMILES string of the molecule is Cl.O=C(O)CCNC/C=C/c1ccc(OCCCCc2ccccc2)cc1. The average molecular weight is 390 g/mol. The van der Waals surface area contributed by atoms with E-state index in [2.05, 4.69) is 29.6 Å². The Morgan fingerprint density at radius 1 is 1.04 bits per heavy atom. The van der Waals surface area contributed by atoms with E-state index in [1.807, 2.05) is 42.5 Å². The Labute approximate surface area is 167 Å². The molecule has 0 aliphatic rings. The van der Waals surface area contributed by atoms with Gasteiger partial charge in [0.15, 0.2) is 0 Å². The van der Waals surface area contributed by atoms with Crippen LogP contribution in [-0.2, 0) is 11.2 Å². The average Bonchev–Trinajstić information content (AvgIpc) is 2.66. The number of halogens is 1. The van der Waals surface area contributed by atoms with Crippen LogP contribution in [0, 0.1) is 0 Å². The van der Waals surface area contributed by atoms with E-state index >= 15 is 0 Å². The van der Waals surface area contributed by atoms with Crippen molar-refractivity contribution in [2.75, 3.05) is 19.7 Å². The monoisotopic (exact) mass is 389 g/mol. The zero-order valence-electron chi connectivity index (χ0n) is 15.5. The summed E-state index contributed by atoms with van der Waals surface area (Å²) < 4.78 is 5.79. The number of ether oxygens (including phenoxy) is 1. The van der Waals surface area contributed by atoms with E-state index in [1.165, 1.54) is 5.56 Å². The molecule has 27 heavy (non-hydrogen) atoms. The molecule has 4 nitrogen and oxygen atoms in total. The predicted molar refractivity (Wildman–Crippen MR) is 113 cm³/mol. The number of aliphatic carboxylic acids is 1. The van der Waals surface area contributed by atoms with Gasteiger partial charge < -0.3 is 15.2 Å². The molecule has 2 aromatic rings. The number of hydrogen-bond donors (Lipinski definition) is 2. The molecular weight excluding hydrogens is 362 g/mol. The number of carboxylic acids is 1. The molecule has 0 heterocycles. The molecule has 0 spiro atoms. The van der Waals surface area contributed by atoms with Crippen molar-refractivity contribution in [1.29, 1.82) is 0 Å². The minimum atomic E-state index is -0.780. The van der Waals surface area contributed by atoms with Gasteiger partial charge in [-0.15, -0.1) is 12.4 Å². The lowest BCUT2D eigenvalue weighted by Crippen LogP contribution is -2.17. The second-order valence-electron chi connectivity index (χ2n) is 6.11. The predicted octanol–water partition coefficient (Wildman–Crippen LogP) is 4.59. The first-order valence-corrected chi connectivity index (χ1v) is 9.10. The van der Waals surface area contributed by atoms with E-state index in [-0.39, 0.29) is 18.8 Å². The summed E-state index contributed by atoms with van der Waals surface area (Å²) >= 11 is 0. The van der Waals surface area contributed by atoms with Gasteiger partial charge in [-0.1, -0.05) is 54.6 Å². The number of benzene rings is 2. The van der Waals surface area contributed by atoms with Crippen LogP contribution in [0.4, 0.5) is 0 Å². The van der Waals surface area contributed by atoms with Crippen molar-refractivity contribution in [1.82, 2.24) is 5.32 Å². The van der Waals surface area contributed by atoms with Crippen LogP contribution in [0.2, 0.25) is 0 Å². The maximum absolute atomic E-state index is 10.4. The fraction of sp³-hybridized carbons (Fsp3) is 0.318. The van der Waals surface area contributed by atoms with Crippen LogP contribution in [0.5, 0.6) is 5.75 Å². The summed E-state index contributed by atoms with van der Waals surface area (Å²) in [6, 6.07) is 18.5. The Hall–Kier alpha value is -2.30. The fourth-order valence-electron chi connectivity index (χ4n) is 2.52. The Kier molecular flexibility index (Phi) is 11.7. The molecule has 0 aromatic heterocycles. The third-order valence-corrected chi connectivity index (χ3v) is 3.94. The molecule has 0 amide bonds. The quantitative estimate of drug-likeness (QED) is 0.521. The number of unbranched alkanes of at least 4 members (excludes halogenated alkanes) is 1. The lowest BCUT2D eigenvalue weighted by Gasteiger charge is -2.06. The molecule has 2 N–H and O–H groups in total. The van der Waals surface area contributed by atoms with Gasteiger partial charge in [0, 0.05) is 13.1 Å². The number of hydrogen-bond acceptors (Lipinski definition) is 3. The molecule has 0 atom stereocenters. The van der Waals surface area contributed by atoms with Crippen LogP contribution in [0.3, 0.4) is 0 Å². The van der Waals surface area contributed by atoms with Crippen molar-refractivity contribution in [3.8, 4) is 5.75 Å². The van der Waals surface area contributed by atoms with Crippen molar-refractivity contribution in [3.05, 3.63) is 71.8 Å². The van der Waals surface area contributed by atoms with Gasteiger partial charge in [0.25, 0.3) is 0 Å². The summed E-state index contributed by atoms with van der Waals surface area (Å²) in [6.07, 6.45) is 7.40. The smallest absolute Gasteiger partial charge is 0.304 e. The van der Waals surface area contributed by atoms with E-state index in [9.17, 15) is 4.79 Å². The van der Waals surface area contributed by atoms with E-state index < -0.39 is 5.97 Å². The highest BCUT2D eigenvalue weighted by Gasteiger charge is 1.96. The van der Waals surface area contributed by atoms with Gasteiger partial charge in [0.05, 0.1) is 13.0 Å². The largest absolute Gasteiger partial charge is 0.494 e. The summed E-state index contributed by atoms with van der Waals surface area (Å²) in [5.41, 5.74) is 2.47. The van der Waals surface area contributed by atoms with Gasteiger partial charge in [-0.25, -0.2) is 0 Å². The lowest BCUT2D eigenvalue weighted by atomic mass is 10.1. The third kappa shape index (κ3) is 10.4. The number of carbonyl (C=O) groups is 1. The molecular formula is C22H28ClNO3. The van der Waals surface area contributed by atoms with Crippen molar-refractivity contribution >= 4 is 24.5 Å². The van der Waals surface area contributed by atoms with Gasteiger partial charge in [-0.2, -0.15) is 0 Å². The van der Waals surface area contributed by atoms with Crippen molar-refractivity contribution in [2.45, 2.75) is 25.7 Å². The van der Waals surface area contributed by atoms with E-state index in [0.29, 0.717) is 13.1 Å². The highest BCUT2D eigenvalue weighted by molar-refractivity contribution is 5.85. The molecule has 0 saturated heterocycles. The molecule has 0 fully saturated rings. The molecule has 0 radical (unpaired) electrons. The molecule has 146 valence electrons. The molecule has 2 rings (SSSR count). The zero-order valence-corrected chi connectivity index (χ0v) is 16.3. The fourth-order valence-corrected chi connectivity index (χ4v) is 2.52. The number of rotatable bonds is 12. The number of aryl methyl sites for hydroxylation is 1. The Morgan fingerprint density at radius 2 is 1.78 bits per heavy atom. The normalized spacial score (nSPS) is 10.5. The van der Waals surface area contributed by atoms with Crippen LogP contribution in [0.25, 0.3) is 6.08 Å². The van der Waals surface area contributed by atoms with Gasteiger partial charge in [0.2, 0.25) is 0 Å².